The van der Waals surface area contributed by atoms with Crippen LogP contribution in [-0.2, 0) is 6.54 Å². The van der Waals surface area contributed by atoms with Gasteiger partial charge in [0.25, 0.3) is 5.56 Å². The number of H-pyrrole nitrogens is 1. The van der Waals surface area contributed by atoms with Crippen LogP contribution in [0.1, 0.15) is 17.1 Å². The van der Waals surface area contributed by atoms with Crippen LogP contribution in [-0.4, -0.2) is 15.0 Å². The molecule has 17 heavy (non-hydrogen) atoms. The third-order valence-electron chi connectivity index (χ3n) is 2.36. The first-order chi connectivity index (χ1) is 8.08. The maximum atomic E-state index is 11.4. The maximum Gasteiger partial charge on any atom is 0.251 e. The molecule has 5 heteroatoms. The van der Waals surface area contributed by atoms with Crippen molar-refractivity contribution < 1.29 is 0 Å². The molecular weight excluding hydrogens is 216 g/mol. The summed E-state index contributed by atoms with van der Waals surface area (Å²) >= 11 is 0. The summed E-state index contributed by atoms with van der Waals surface area (Å²) < 4.78 is 0. The Balaban J connectivity index is 2.59. The Morgan fingerprint density at radius 3 is 2.41 bits per heavy atom. The zero-order chi connectivity index (χ0) is 12.4. The summed E-state index contributed by atoms with van der Waals surface area (Å²) in [5.74, 6) is 0.534. The minimum absolute atomic E-state index is 0.192. The molecular formula is C12H14N4O. The number of aromatic nitrogens is 3. The van der Waals surface area contributed by atoms with Crippen LogP contribution in [0.25, 0.3) is 11.4 Å². The fourth-order valence-corrected chi connectivity index (χ4v) is 1.72. The molecule has 0 aromatic carbocycles. The van der Waals surface area contributed by atoms with Gasteiger partial charge in [-0.1, -0.05) is 0 Å². The van der Waals surface area contributed by atoms with Crippen molar-refractivity contribution in [3.05, 3.63) is 45.6 Å². The first-order valence-corrected chi connectivity index (χ1v) is 5.34. The van der Waals surface area contributed by atoms with E-state index in [0.717, 1.165) is 17.0 Å². The average molecular weight is 230 g/mol. The molecule has 0 aliphatic rings. The summed E-state index contributed by atoms with van der Waals surface area (Å²) in [6.45, 7) is 4.06. The number of pyridine rings is 1. The van der Waals surface area contributed by atoms with Crippen LogP contribution in [0.2, 0.25) is 0 Å². The molecule has 2 aromatic rings. The Hall–Kier alpha value is -2.01. The molecule has 2 heterocycles. The number of nitrogens with one attached hydrogen (secondary N) is 1. The molecule has 5 nitrogen and oxygen atoms in total. The van der Waals surface area contributed by atoms with Gasteiger partial charge >= 0.3 is 0 Å². The smallest absolute Gasteiger partial charge is 0.251 e. The highest BCUT2D eigenvalue weighted by atomic mass is 16.1. The standard InChI is InChI=1S/C12H14N4O/c1-7-3-9(4-8(2)14-7)12-15-10(6-13)5-11(17)16-12/h3-5H,6,13H2,1-2H3,(H,15,16,17). The van der Waals surface area contributed by atoms with Crippen molar-refractivity contribution in [2.75, 3.05) is 0 Å². The summed E-state index contributed by atoms with van der Waals surface area (Å²) in [5, 5.41) is 0. The molecule has 2 rings (SSSR count). The van der Waals surface area contributed by atoms with Crippen LogP contribution in [0.5, 0.6) is 0 Å². The van der Waals surface area contributed by atoms with Crippen molar-refractivity contribution in [3.63, 3.8) is 0 Å². The summed E-state index contributed by atoms with van der Waals surface area (Å²) in [6.07, 6.45) is 0. The van der Waals surface area contributed by atoms with E-state index in [-0.39, 0.29) is 12.1 Å². The van der Waals surface area contributed by atoms with E-state index in [1.165, 1.54) is 6.07 Å². The van der Waals surface area contributed by atoms with Gasteiger partial charge < -0.3 is 10.7 Å². The number of rotatable bonds is 2. The van der Waals surface area contributed by atoms with Gasteiger partial charge in [-0.25, -0.2) is 4.98 Å². The van der Waals surface area contributed by atoms with Crippen molar-refractivity contribution >= 4 is 0 Å². The summed E-state index contributed by atoms with van der Waals surface area (Å²) in [6, 6.07) is 5.17. The van der Waals surface area contributed by atoms with Crippen molar-refractivity contribution in [2.24, 2.45) is 5.73 Å². The molecule has 2 aromatic heterocycles. The van der Waals surface area contributed by atoms with Gasteiger partial charge in [-0.05, 0) is 26.0 Å². The Kier molecular flexibility index (Phi) is 3.01. The van der Waals surface area contributed by atoms with E-state index in [4.69, 9.17) is 5.73 Å². The first-order valence-electron chi connectivity index (χ1n) is 5.34. The Morgan fingerprint density at radius 2 is 1.82 bits per heavy atom. The van der Waals surface area contributed by atoms with Crippen molar-refractivity contribution in [1.29, 1.82) is 0 Å². The lowest BCUT2D eigenvalue weighted by Crippen LogP contribution is -2.12. The molecule has 0 aliphatic heterocycles. The van der Waals surface area contributed by atoms with Gasteiger partial charge in [0.1, 0.15) is 5.82 Å². The predicted octanol–water partition coefficient (Wildman–Crippen LogP) is 0.907. The van der Waals surface area contributed by atoms with Crippen LogP contribution in [0.3, 0.4) is 0 Å². The van der Waals surface area contributed by atoms with Crippen molar-refractivity contribution in [3.8, 4) is 11.4 Å². The average Bonchev–Trinajstić information content (AvgIpc) is 2.26. The SMILES string of the molecule is Cc1cc(-c2nc(CN)cc(=O)[nH]2)cc(C)n1. The molecule has 0 unspecified atom stereocenters. The van der Waals surface area contributed by atoms with Gasteiger partial charge in [-0.3, -0.25) is 9.78 Å². The number of aryl methyl sites for hydroxylation is 2. The van der Waals surface area contributed by atoms with Gasteiger partial charge in [0.2, 0.25) is 0 Å². The molecule has 0 atom stereocenters. The molecule has 0 amide bonds. The number of aromatic amines is 1. The topological polar surface area (TPSA) is 84.7 Å². The van der Waals surface area contributed by atoms with E-state index in [1.54, 1.807) is 0 Å². The number of nitrogens with two attached hydrogens (primary N) is 1. The monoisotopic (exact) mass is 230 g/mol. The fourth-order valence-electron chi connectivity index (χ4n) is 1.72. The van der Waals surface area contributed by atoms with E-state index in [0.29, 0.717) is 11.5 Å². The second-order valence-electron chi connectivity index (χ2n) is 3.93. The second-order valence-corrected chi connectivity index (χ2v) is 3.93. The molecule has 0 fully saturated rings. The molecule has 0 bridgehead atoms. The molecule has 0 saturated heterocycles. The predicted molar refractivity (Wildman–Crippen MR) is 65.5 cm³/mol. The normalized spacial score (nSPS) is 10.5. The molecule has 0 saturated carbocycles. The van der Waals surface area contributed by atoms with Crippen LogP contribution >= 0.6 is 0 Å². The van der Waals surface area contributed by atoms with Crippen LogP contribution in [0, 0.1) is 13.8 Å². The lowest BCUT2D eigenvalue weighted by molar-refractivity contribution is 0.954. The lowest BCUT2D eigenvalue weighted by Gasteiger charge is -2.05. The highest BCUT2D eigenvalue weighted by molar-refractivity contribution is 5.55. The lowest BCUT2D eigenvalue weighted by atomic mass is 10.2. The molecule has 0 aliphatic carbocycles. The Labute approximate surface area is 98.7 Å². The van der Waals surface area contributed by atoms with Crippen molar-refractivity contribution in [1.82, 2.24) is 15.0 Å². The fraction of sp³-hybridized carbons (Fsp3) is 0.250. The van der Waals surface area contributed by atoms with Crippen molar-refractivity contribution in [2.45, 2.75) is 20.4 Å². The Morgan fingerprint density at radius 1 is 1.18 bits per heavy atom. The second kappa shape index (κ2) is 4.47. The van der Waals surface area contributed by atoms with Gasteiger partial charge in [0.15, 0.2) is 0 Å². The van der Waals surface area contributed by atoms with E-state index in [9.17, 15) is 4.79 Å². The number of nitrogens with zero attached hydrogens (tertiary/aromatic N) is 2. The van der Waals surface area contributed by atoms with Crippen LogP contribution in [0.15, 0.2) is 23.0 Å². The number of hydrogen-bond acceptors (Lipinski definition) is 4. The summed E-state index contributed by atoms with van der Waals surface area (Å²) in [5.41, 5.74) is 8.51. The molecule has 88 valence electrons. The quantitative estimate of drug-likeness (QED) is 0.803. The minimum atomic E-state index is -0.192. The van der Waals surface area contributed by atoms with Gasteiger partial charge in [0, 0.05) is 29.6 Å². The van der Waals surface area contributed by atoms with E-state index < -0.39 is 0 Å². The van der Waals surface area contributed by atoms with E-state index >= 15 is 0 Å². The third-order valence-corrected chi connectivity index (χ3v) is 2.36. The molecule has 3 N–H and O–H groups in total. The van der Waals surface area contributed by atoms with Gasteiger partial charge in [0.05, 0.1) is 5.69 Å². The zero-order valence-corrected chi connectivity index (χ0v) is 9.82. The van der Waals surface area contributed by atoms with E-state index in [2.05, 4.69) is 15.0 Å². The van der Waals surface area contributed by atoms with Crippen LogP contribution < -0.4 is 11.3 Å². The van der Waals surface area contributed by atoms with Gasteiger partial charge in [-0.15, -0.1) is 0 Å². The summed E-state index contributed by atoms with van der Waals surface area (Å²) in [7, 11) is 0. The van der Waals surface area contributed by atoms with Gasteiger partial charge in [-0.2, -0.15) is 0 Å². The largest absolute Gasteiger partial charge is 0.325 e. The minimum Gasteiger partial charge on any atom is -0.325 e. The first kappa shape index (κ1) is 11.5. The highest BCUT2D eigenvalue weighted by Gasteiger charge is 2.05. The summed E-state index contributed by atoms with van der Waals surface area (Å²) in [4.78, 5) is 22.7. The molecule has 0 radical (unpaired) electrons. The third kappa shape index (κ3) is 2.57. The maximum absolute atomic E-state index is 11.4. The zero-order valence-electron chi connectivity index (χ0n) is 9.82. The molecule has 0 spiro atoms. The number of hydrogen-bond donors (Lipinski definition) is 2. The Bertz CT molecular complexity index is 583. The highest BCUT2D eigenvalue weighted by Crippen LogP contribution is 2.15. The van der Waals surface area contributed by atoms with E-state index in [1.807, 2.05) is 26.0 Å². The van der Waals surface area contributed by atoms with Crippen LogP contribution in [0.4, 0.5) is 0 Å².